The minimum Gasteiger partial charge on any atom is -0.479 e. The molecular formula is C26H28ClN5O8. The van der Waals surface area contributed by atoms with Crippen molar-refractivity contribution in [3.63, 3.8) is 0 Å². The van der Waals surface area contributed by atoms with Crippen LogP contribution in [0.4, 0.5) is 5.82 Å². The maximum Gasteiger partial charge on any atom is 0.348 e. The van der Waals surface area contributed by atoms with Crippen LogP contribution in [0.15, 0.2) is 36.7 Å². The molecule has 14 heteroatoms. The van der Waals surface area contributed by atoms with Gasteiger partial charge in [-0.1, -0.05) is 36.3 Å². The van der Waals surface area contributed by atoms with Gasteiger partial charge in [0.2, 0.25) is 5.28 Å². The molecule has 1 aliphatic rings. The highest BCUT2D eigenvalue weighted by atomic mass is 35.5. The fraction of sp³-hybridized carbons (Fsp3) is 0.423. The van der Waals surface area contributed by atoms with Crippen LogP contribution in [0.1, 0.15) is 25.6 Å². The molecule has 0 unspecified atom stereocenters. The van der Waals surface area contributed by atoms with E-state index in [-0.39, 0.29) is 17.0 Å². The van der Waals surface area contributed by atoms with Crippen molar-refractivity contribution in [1.29, 1.82) is 0 Å². The Morgan fingerprint density at radius 3 is 2.50 bits per heavy atom. The minimum absolute atomic E-state index is 0.0281. The topological polar surface area (TPSA) is 180 Å². The lowest BCUT2D eigenvalue weighted by molar-refractivity contribution is -0.191. The number of fused-ring (bicyclic) bond motifs is 1. The van der Waals surface area contributed by atoms with Crippen molar-refractivity contribution in [2.24, 2.45) is 0 Å². The highest BCUT2D eigenvalue weighted by Crippen LogP contribution is 2.40. The summed E-state index contributed by atoms with van der Waals surface area (Å²) in [7, 11) is 1.79. The van der Waals surface area contributed by atoms with Gasteiger partial charge in [-0.05, 0) is 31.0 Å². The molecule has 4 N–H and O–H groups in total. The third-order valence-corrected chi connectivity index (χ3v) is 7.14. The van der Waals surface area contributed by atoms with E-state index in [0.717, 1.165) is 0 Å². The highest BCUT2D eigenvalue weighted by Gasteiger charge is 2.58. The molecule has 40 heavy (non-hydrogen) atoms. The van der Waals surface area contributed by atoms with Gasteiger partial charge in [0.1, 0.15) is 12.2 Å². The Hall–Kier alpha value is -3.80. The zero-order valence-electron chi connectivity index (χ0n) is 21.8. The lowest BCUT2D eigenvalue weighted by Gasteiger charge is -2.30. The fourth-order valence-electron chi connectivity index (χ4n) is 4.39. The van der Waals surface area contributed by atoms with Gasteiger partial charge in [-0.15, -0.1) is 6.42 Å². The number of carbonyl (C=O) groups is 2. The van der Waals surface area contributed by atoms with Crippen LogP contribution >= 0.6 is 11.6 Å². The SMILES string of the molecule is C#C[C@@]1(O)[C@@H](COC(Cc2ccccc2)(C(=O)O)C(=O)O)O[C@@H](n2cnc3c(N(C)C(C)C)nc(Cl)nc32)[C@@H]1O. The monoisotopic (exact) mass is 573 g/mol. The lowest BCUT2D eigenvalue weighted by atomic mass is 9.92. The molecule has 2 aromatic heterocycles. The number of benzene rings is 1. The van der Waals surface area contributed by atoms with E-state index in [4.69, 9.17) is 27.5 Å². The van der Waals surface area contributed by atoms with E-state index >= 15 is 0 Å². The number of aliphatic hydroxyl groups excluding tert-OH is 1. The fourth-order valence-corrected chi connectivity index (χ4v) is 4.55. The summed E-state index contributed by atoms with van der Waals surface area (Å²) in [5.41, 5.74) is -4.25. The number of halogens is 1. The molecule has 1 saturated heterocycles. The molecule has 212 valence electrons. The molecule has 0 spiro atoms. The first-order valence-electron chi connectivity index (χ1n) is 12.2. The van der Waals surface area contributed by atoms with E-state index in [9.17, 15) is 30.0 Å². The predicted molar refractivity (Wildman–Crippen MR) is 142 cm³/mol. The van der Waals surface area contributed by atoms with Crippen molar-refractivity contribution >= 4 is 40.5 Å². The van der Waals surface area contributed by atoms with E-state index in [1.807, 2.05) is 18.7 Å². The summed E-state index contributed by atoms with van der Waals surface area (Å²) in [5.74, 6) is -1.03. The number of rotatable bonds is 10. The van der Waals surface area contributed by atoms with Gasteiger partial charge in [0.05, 0.1) is 12.9 Å². The number of aliphatic carboxylic acids is 2. The van der Waals surface area contributed by atoms with Crippen LogP contribution in [0.25, 0.3) is 11.2 Å². The predicted octanol–water partition coefficient (Wildman–Crippen LogP) is 1.11. The zero-order valence-corrected chi connectivity index (χ0v) is 22.6. The Morgan fingerprint density at radius 2 is 1.93 bits per heavy atom. The number of imidazole rings is 1. The second-order valence-corrected chi connectivity index (χ2v) is 10.0. The quantitative estimate of drug-likeness (QED) is 0.154. The van der Waals surface area contributed by atoms with Crippen molar-refractivity contribution in [3.8, 4) is 12.3 Å². The molecule has 3 heterocycles. The molecule has 3 aromatic rings. The number of aromatic nitrogens is 4. The summed E-state index contributed by atoms with van der Waals surface area (Å²) in [4.78, 5) is 39.0. The number of carboxylic acids is 2. The molecule has 1 aromatic carbocycles. The molecule has 4 atom stereocenters. The molecule has 0 amide bonds. The Bertz CT molecular complexity index is 1440. The van der Waals surface area contributed by atoms with Crippen LogP contribution in [0, 0.1) is 12.3 Å². The third kappa shape index (κ3) is 4.96. The molecule has 0 radical (unpaired) electrons. The van der Waals surface area contributed by atoms with Crippen LogP contribution in [0.5, 0.6) is 0 Å². The second-order valence-electron chi connectivity index (χ2n) is 9.69. The largest absolute Gasteiger partial charge is 0.479 e. The number of carboxylic acid groups (broad SMARTS) is 2. The first-order chi connectivity index (χ1) is 18.9. The lowest BCUT2D eigenvalue weighted by Crippen LogP contribution is -2.55. The number of nitrogens with zero attached hydrogens (tertiary/aromatic N) is 5. The second kappa shape index (κ2) is 11.0. The maximum atomic E-state index is 12.2. The average molecular weight is 574 g/mol. The first kappa shape index (κ1) is 29.2. The number of hydrogen-bond donors (Lipinski definition) is 4. The van der Waals surface area contributed by atoms with Gasteiger partial charge < -0.3 is 34.8 Å². The molecule has 4 rings (SSSR count). The minimum atomic E-state index is -2.73. The summed E-state index contributed by atoms with van der Waals surface area (Å²) in [6.07, 6.45) is 1.65. The molecule has 1 fully saturated rings. The smallest absolute Gasteiger partial charge is 0.348 e. The Kier molecular flexibility index (Phi) is 8.02. The van der Waals surface area contributed by atoms with Crippen LogP contribution in [-0.2, 0) is 25.5 Å². The van der Waals surface area contributed by atoms with E-state index < -0.39 is 54.6 Å². The number of hydrogen-bond acceptors (Lipinski definition) is 10. The molecule has 0 bridgehead atoms. The van der Waals surface area contributed by atoms with Crippen molar-refractivity contribution in [1.82, 2.24) is 19.5 Å². The Labute approximate surface area is 234 Å². The van der Waals surface area contributed by atoms with Crippen molar-refractivity contribution < 1.29 is 39.5 Å². The Morgan fingerprint density at radius 1 is 1.27 bits per heavy atom. The number of ether oxygens (including phenoxy) is 2. The van der Waals surface area contributed by atoms with E-state index in [1.54, 1.807) is 37.4 Å². The van der Waals surface area contributed by atoms with Gasteiger partial charge in [0, 0.05) is 19.5 Å². The summed E-state index contributed by atoms with van der Waals surface area (Å²) >= 11 is 6.18. The van der Waals surface area contributed by atoms with Crippen molar-refractivity contribution in [2.45, 2.75) is 55.9 Å². The Balaban J connectivity index is 1.68. The van der Waals surface area contributed by atoms with Crippen LogP contribution in [0.2, 0.25) is 5.28 Å². The number of anilines is 1. The summed E-state index contributed by atoms with van der Waals surface area (Å²) in [5, 5.41) is 42.0. The normalized spacial score (nSPS) is 22.9. The summed E-state index contributed by atoms with van der Waals surface area (Å²) in [6.45, 7) is 3.09. The third-order valence-electron chi connectivity index (χ3n) is 6.97. The standard InChI is InChI=1S/C26H28ClN5O8/c1-5-25(38)16(12-39-26(22(34)35,23(36)37)11-15-9-7-6-8-10-15)40-21(18(25)33)32-13-28-17-19(31(4)14(2)3)29-24(27)30-20(17)32/h1,6-10,13-14,16,18,21,33,38H,11-12H2,2-4H3,(H,34,35)(H,36,37)/t16-,18+,21-,25-/m1/s1. The highest BCUT2D eigenvalue weighted by molar-refractivity contribution is 6.28. The molecular weight excluding hydrogens is 546 g/mol. The zero-order chi connectivity index (χ0) is 29.4. The van der Waals surface area contributed by atoms with Gasteiger partial charge in [-0.25, -0.2) is 14.6 Å². The first-order valence-corrected chi connectivity index (χ1v) is 12.5. The summed E-state index contributed by atoms with van der Waals surface area (Å²) < 4.78 is 12.6. The van der Waals surface area contributed by atoms with Crippen LogP contribution < -0.4 is 4.90 Å². The average Bonchev–Trinajstić information content (AvgIpc) is 3.44. The molecule has 1 aliphatic heterocycles. The molecule has 0 saturated carbocycles. The van der Waals surface area contributed by atoms with Gasteiger partial charge in [-0.3, -0.25) is 4.57 Å². The van der Waals surface area contributed by atoms with Crippen molar-refractivity contribution in [3.05, 3.63) is 47.5 Å². The van der Waals surface area contributed by atoms with Crippen LogP contribution in [0.3, 0.4) is 0 Å². The van der Waals surface area contributed by atoms with Crippen molar-refractivity contribution in [2.75, 3.05) is 18.6 Å². The summed E-state index contributed by atoms with van der Waals surface area (Å²) in [6, 6.07) is 8.07. The van der Waals surface area contributed by atoms with Crippen LogP contribution in [-0.4, -0.2) is 95.0 Å². The van der Waals surface area contributed by atoms with Gasteiger partial charge in [0.25, 0.3) is 5.60 Å². The van der Waals surface area contributed by atoms with Gasteiger partial charge >= 0.3 is 11.9 Å². The maximum absolute atomic E-state index is 12.2. The van der Waals surface area contributed by atoms with E-state index in [2.05, 4.69) is 20.9 Å². The number of terminal acetylenes is 1. The van der Waals surface area contributed by atoms with Gasteiger partial charge in [-0.2, -0.15) is 9.97 Å². The van der Waals surface area contributed by atoms with E-state index in [1.165, 1.54) is 10.9 Å². The number of aliphatic hydroxyl groups is 2. The van der Waals surface area contributed by atoms with Gasteiger partial charge in [0.15, 0.2) is 28.8 Å². The molecule has 0 aliphatic carbocycles. The van der Waals surface area contributed by atoms with E-state index in [0.29, 0.717) is 16.9 Å². The molecule has 13 nitrogen and oxygen atoms in total.